The van der Waals surface area contributed by atoms with Gasteiger partial charge >= 0.3 is 5.63 Å². The van der Waals surface area contributed by atoms with Gasteiger partial charge in [-0.2, -0.15) is 0 Å². The molecule has 0 bridgehead atoms. The second-order valence-corrected chi connectivity index (χ2v) is 8.20. The van der Waals surface area contributed by atoms with Crippen LogP contribution in [0.3, 0.4) is 0 Å². The van der Waals surface area contributed by atoms with Gasteiger partial charge in [-0.1, -0.05) is 57.5 Å². The summed E-state index contributed by atoms with van der Waals surface area (Å²) in [5.74, 6) is 1.34. The lowest BCUT2D eigenvalue weighted by molar-refractivity contribution is 0.512. The van der Waals surface area contributed by atoms with Gasteiger partial charge in [0, 0.05) is 23.2 Å². The van der Waals surface area contributed by atoms with Crippen molar-refractivity contribution in [1.29, 1.82) is 0 Å². The van der Waals surface area contributed by atoms with E-state index < -0.39 is 0 Å². The third-order valence-electron chi connectivity index (χ3n) is 4.43. The van der Waals surface area contributed by atoms with Crippen LogP contribution in [0.4, 0.5) is 0 Å². The van der Waals surface area contributed by atoms with Gasteiger partial charge in [0.15, 0.2) is 5.17 Å². The highest BCUT2D eigenvalue weighted by atomic mass is 32.2. The molecule has 2 N–H and O–H groups in total. The van der Waals surface area contributed by atoms with Gasteiger partial charge in [0.2, 0.25) is 0 Å². The maximum absolute atomic E-state index is 11.9. The molecule has 0 aliphatic carbocycles. The summed E-state index contributed by atoms with van der Waals surface area (Å²) in [6, 6.07) is 7.82. The molecule has 1 aromatic heterocycles. The molecule has 0 spiro atoms. The van der Waals surface area contributed by atoms with Crippen molar-refractivity contribution in [2.24, 2.45) is 16.6 Å². The number of rotatable bonds is 8. The van der Waals surface area contributed by atoms with Crippen LogP contribution in [-0.4, -0.2) is 11.2 Å². The van der Waals surface area contributed by atoms with E-state index in [2.05, 4.69) is 38.8 Å². The van der Waals surface area contributed by atoms with Crippen LogP contribution < -0.4 is 11.4 Å². The summed E-state index contributed by atoms with van der Waals surface area (Å²) >= 11 is 1.48. The van der Waals surface area contributed by atoms with Gasteiger partial charge in [0.25, 0.3) is 0 Å². The lowest BCUT2D eigenvalue weighted by Crippen LogP contribution is -2.12. The van der Waals surface area contributed by atoms with Crippen LogP contribution in [-0.2, 0) is 12.2 Å². The van der Waals surface area contributed by atoms with Crippen molar-refractivity contribution < 1.29 is 4.42 Å². The van der Waals surface area contributed by atoms with Crippen LogP contribution in [0.2, 0.25) is 0 Å². The van der Waals surface area contributed by atoms with Crippen LogP contribution in [0.5, 0.6) is 0 Å². The van der Waals surface area contributed by atoms with E-state index in [1.54, 1.807) is 6.07 Å². The fraction of sp³-hybridized carbons (Fsp3) is 0.524. The van der Waals surface area contributed by atoms with E-state index in [1.165, 1.54) is 24.6 Å². The monoisotopic (exact) mass is 374 g/mol. The number of amidine groups is 1. The van der Waals surface area contributed by atoms with E-state index in [0.717, 1.165) is 35.3 Å². The number of hydrogen-bond acceptors (Lipinski definition) is 4. The molecule has 0 aliphatic heterocycles. The summed E-state index contributed by atoms with van der Waals surface area (Å²) in [5, 5.41) is 1.54. The summed E-state index contributed by atoms with van der Waals surface area (Å²) < 4.78 is 5.35. The number of fused-ring (bicyclic) bond motifs is 1. The standard InChI is InChI=1S/C21H30N2O2S/c1-5-16-9-10-18-17(12-20(24)25-19(18)11-16)13-26-21(22)23-15(4)8-6-7-14(2)3/h9-12,14-15H,5-8,13H2,1-4H3,(H2,22,23)/t15-/m1/s1. The smallest absolute Gasteiger partial charge is 0.336 e. The summed E-state index contributed by atoms with van der Waals surface area (Å²) in [7, 11) is 0. The molecule has 1 heterocycles. The highest BCUT2D eigenvalue weighted by Gasteiger charge is 2.09. The molecule has 4 nitrogen and oxygen atoms in total. The Morgan fingerprint density at radius 1 is 1.23 bits per heavy atom. The van der Waals surface area contributed by atoms with Crippen molar-refractivity contribution in [3.05, 3.63) is 45.8 Å². The van der Waals surface area contributed by atoms with Crippen molar-refractivity contribution in [3.8, 4) is 0 Å². The first kappa shape index (κ1) is 20.6. The Bertz CT molecular complexity index is 811. The third-order valence-corrected chi connectivity index (χ3v) is 5.29. The topological polar surface area (TPSA) is 68.6 Å². The quantitative estimate of drug-likeness (QED) is 0.396. The number of thioether (sulfide) groups is 1. The predicted molar refractivity (Wildman–Crippen MR) is 113 cm³/mol. The van der Waals surface area contributed by atoms with Gasteiger partial charge in [-0.25, -0.2) is 4.79 Å². The minimum atomic E-state index is -0.320. The second-order valence-electron chi connectivity index (χ2n) is 7.20. The minimum absolute atomic E-state index is 0.228. The van der Waals surface area contributed by atoms with Gasteiger partial charge in [-0.3, -0.25) is 4.99 Å². The summed E-state index contributed by atoms with van der Waals surface area (Å²) in [6.07, 6.45) is 4.35. The molecule has 2 rings (SSSR count). The van der Waals surface area contributed by atoms with E-state index in [4.69, 9.17) is 10.2 Å². The molecule has 0 aliphatic rings. The van der Waals surface area contributed by atoms with E-state index in [9.17, 15) is 4.79 Å². The fourth-order valence-electron chi connectivity index (χ4n) is 2.91. The predicted octanol–water partition coefficient (Wildman–Crippen LogP) is 5.12. The highest BCUT2D eigenvalue weighted by Crippen LogP contribution is 2.23. The van der Waals surface area contributed by atoms with E-state index >= 15 is 0 Å². The zero-order valence-corrected chi connectivity index (χ0v) is 17.1. The maximum atomic E-state index is 11.9. The van der Waals surface area contributed by atoms with Crippen LogP contribution >= 0.6 is 11.8 Å². The van der Waals surface area contributed by atoms with Crippen molar-refractivity contribution >= 4 is 27.9 Å². The zero-order valence-electron chi connectivity index (χ0n) is 16.2. The molecule has 5 heteroatoms. The third kappa shape index (κ3) is 6.20. The average Bonchev–Trinajstić information content (AvgIpc) is 2.58. The van der Waals surface area contributed by atoms with Crippen molar-refractivity contribution in [1.82, 2.24) is 0 Å². The van der Waals surface area contributed by atoms with Gasteiger partial charge in [-0.05, 0) is 42.9 Å². The molecule has 1 atom stereocenters. The molecule has 0 saturated heterocycles. The maximum Gasteiger partial charge on any atom is 0.336 e. The van der Waals surface area contributed by atoms with Gasteiger partial charge in [0.05, 0.1) is 0 Å². The SMILES string of the molecule is CCc1ccc2c(CSC(N)=N[C@H](C)CCCC(C)C)cc(=O)oc2c1. The number of benzene rings is 1. The first-order valence-corrected chi connectivity index (χ1v) is 10.4. The Hall–Kier alpha value is -1.75. The number of hydrogen-bond donors (Lipinski definition) is 1. The second kappa shape index (κ2) is 9.81. The molecule has 0 unspecified atom stereocenters. The molecule has 2 aromatic rings. The lowest BCUT2D eigenvalue weighted by Gasteiger charge is -2.10. The van der Waals surface area contributed by atoms with E-state index in [-0.39, 0.29) is 11.7 Å². The summed E-state index contributed by atoms with van der Waals surface area (Å²) in [5.41, 5.74) is 8.51. The lowest BCUT2D eigenvalue weighted by atomic mass is 10.0. The molecule has 0 amide bonds. The molecular weight excluding hydrogens is 344 g/mol. The molecule has 26 heavy (non-hydrogen) atoms. The molecule has 1 aromatic carbocycles. The van der Waals surface area contributed by atoms with Crippen molar-refractivity contribution in [2.75, 3.05) is 0 Å². The number of aryl methyl sites for hydroxylation is 1. The van der Waals surface area contributed by atoms with Gasteiger partial charge in [0.1, 0.15) is 5.58 Å². The fourth-order valence-corrected chi connectivity index (χ4v) is 3.70. The Labute approximate surface area is 160 Å². The van der Waals surface area contributed by atoms with Crippen LogP contribution in [0.15, 0.2) is 38.5 Å². The first-order chi connectivity index (χ1) is 12.4. The summed E-state index contributed by atoms with van der Waals surface area (Å²) in [4.78, 5) is 16.4. The molecule has 0 saturated carbocycles. The molecule has 142 valence electrons. The molecule has 0 radical (unpaired) electrons. The first-order valence-electron chi connectivity index (χ1n) is 9.40. The van der Waals surface area contributed by atoms with Crippen molar-refractivity contribution in [3.63, 3.8) is 0 Å². The molecular formula is C21H30N2O2S. The minimum Gasteiger partial charge on any atom is -0.423 e. The zero-order chi connectivity index (χ0) is 19.1. The summed E-state index contributed by atoms with van der Waals surface area (Å²) in [6.45, 7) is 8.66. The van der Waals surface area contributed by atoms with Crippen LogP contribution in [0.25, 0.3) is 11.0 Å². The Balaban J connectivity index is 2.04. The number of nitrogens with two attached hydrogens (primary N) is 1. The Kier molecular flexibility index (Phi) is 7.76. The van der Waals surface area contributed by atoms with E-state index in [1.807, 2.05) is 12.1 Å². The van der Waals surface area contributed by atoms with Gasteiger partial charge in [-0.15, -0.1) is 0 Å². The van der Waals surface area contributed by atoms with Crippen LogP contribution in [0, 0.1) is 5.92 Å². The Morgan fingerprint density at radius 2 is 2.00 bits per heavy atom. The van der Waals surface area contributed by atoms with Crippen molar-refractivity contribution in [2.45, 2.75) is 65.2 Å². The van der Waals surface area contributed by atoms with Crippen LogP contribution in [0.1, 0.15) is 58.1 Å². The highest BCUT2D eigenvalue weighted by molar-refractivity contribution is 8.13. The van der Waals surface area contributed by atoms with E-state index in [0.29, 0.717) is 16.5 Å². The average molecular weight is 375 g/mol. The number of aliphatic imine (C=N–C) groups is 1. The normalized spacial score (nSPS) is 13.5. The van der Waals surface area contributed by atoms with Gasteiger partial charge < -0.3 is 10.2 Å². The Morgan fingerprint density at radius 3 is 2.69 bits per heavy atom. The largest absolute Gasteiger partial charge is 0.423 e. The number of nitrogens with zero attached hydrogens (tertiary/aromatic N) is 1. The molecule has 0 fully saturated rings.